The molecule has 3 saturated heterocycles. The van der Waals surface area contributed by atoms with Crippen molar-refractivity contribution in [2.45, 2.75) is 37.0 Å². The van der Waals surface area contributed by atoms with E-state index in [9.17, 15) is 15.2 Å². The van der Waals surface area contributed by atoms with Gasteiger partial charge in [0.1, 0.15) is 24.3 Å². The maximum Gasteiger partial charge on any atom is 0.301 e. The van der Waals surface area contributed by atoms with Gasteiger partial charge in [0.2, 0.25) is 5.95 Å². The van der Waals surface area contributed by atoms with Crippen molar-refractivity contribution in [2.24, 2.45) is 0 Å². The number of anilines is 3. The number of piperidine rings is 1. The maximum absolute atomic E-state index is 15.0. The van der Waals surface area contributed by atoms with Gasteiger partial charge in [0, 0.05) is 69.1 Å². The van der Waals surface area contributed by atoms with Crippen molar-refractivity contribution in [2.75, 3.05) is 69.3 Å². The van der Waals surface area contributed by atoms with Crippen LogP contribution in [0.3, 0.4) is 0 Å². The number of aliphatic hydroxyl groups is 2. The van der Waals surface area contributed by atoms with E-state index in [1.807, 2.05) is 18.2 Å². The number of benzene rings is 2. The van der Waals surface area contributed by atoms with Gasteiger partial charge in [-0.1, -0.05) is 0 Å². The number of rotatable bonds is 10. The van der Waals surface area contributed by atoms with E-state index in [-0.39, 0.29) is 36.5 Å². The Balaban J connectivity index is 1.08. The molecule has 3 aliphatic heterocycles. The number of piperazine rings is 1. The number of nitriles is 1. The number of aliphatic hydroxyl groups excluding tert-OH is 2. The average Bonchev–Trinajstić information content (AvgIpc) is 3.05. The summed E-state index contributed by atoms with van der Waals surface area (Å²) in [5.74, 6) is -3.77. The predicted molar refractivity (Wildman–Crippen MR) is 166 cm³/mol. The first-order valence-corrected chi connectivity index (χ1v) is 15.5. The van der Waals surface area contributed by atoms with E-state index in [1.54, 1.807) is 6.07 Å². The number of carbonyl (C=O) groups excluding carboxylic acids is 1. The topological polar surface area (TPSA) is 160 Å². The molecule has 3 fully saturated rings. The SMILES string of the molecule is N#Cc1cc(-c2ncnc(Nc3ccc(N4CCN(C5COC5)CC4)cc3)n2)ccc1O[C@H]1CCN(C(=O)[C@H](O)CCO)CC1(F)F. The molecule has 248 valence electrons. The summed E-state index contributed by atoms with van der Waals surface area (Å²) in [5.41, 5.74) is 2.40. The lowest BCUT2D eigenvalue weighted by Gasteiger charge is -2.43. The molecule has 3 N–H and O–H groups in total. The number of alkyl halides is 2. The summed E-state index contributed by atoms with van der Waals surface area (Å²) in [4.78, 5) is 30.9. The highest BCUT2D eigenvalue weighted by Crippen LogP contribution is 2.34. The smallest absolute Gasteiger partial charge is 0.301 e. The molecule has 15 heteroatoms. The van der Waals surface area contributed by atoms with Crippen molar-refractivity contribution in [3.05, 3.63) is 54.4 Å². The second-order valence-corrected chi connectivity index (χ2v) is 11.8. The van der Waals surface area contributed by atoms with Crippen LogP contribution in [0.25, 0.3) is 11.4 Å². The van der Waals surface area contributed by atoms with Crippen LogP contribution in [0.2, 0.25) is 0 Å². The number of ether oxygens (including phenoxy) is 2. The Labute approximate surface area is 270 Å². The normalized spacial score (nSPS) is 20.6. The molecule has 0 saturated carbocycles. The zero-order chi connectivity index (χ0) is 33.0. The van der Waals surface area contributed by atoms with Gasteiger partial charge < -0.3 is 34.8 Å². The zero-order valence-corrected chi connectivity index (χ0v) is 25.6. The van der Waals surface area contributed by atoms with Gasteiger partial charge in [0.25, 0.3) is 5.91 Å². The predicted octanol–water partition coefficient (Wildman–Crippen LogP) is 2.03. The number of hydrogen-bond acceptors (Lipinski definition) is 12. The summed E-state index contributed by atoms with van der Waals surface area (Å²) in [5, 5.41) is 31.7. The minimum absolute atomic E-state index is 0.0162. The lowest BCUT2D eigenvalue weighted by atomic mass is 10.0. The van der Waals surface area contributed by atoms with Crippen molar-refractivity contribution in [1.29, 1.82) is 5.26 Å². The summed E-state index contributed by atoms with van der Waals surface area (Å²) in [6, 6.07) is 15.0. The third kappa shape index (κ3) is 7.41. The fourth-order valence-electron chi connectivity index (χ4n) is 5.88. The zero-order valence-electron chi connectivity index (χ0n) is 25.6. The first kappa shape index (κ1) is 32.5. The summed E-state index contributed by atoms with van der Waals surface area (Å²) < 4.78 is 41.0. The number of likely N-dealkylation sites (tertiary alicyclic amines) is 1. The summed E-state index contributed by atoms with van der Waals surface area (Å²) in [6.07, 6.45) is -2.25. The second-order valence-electron chi connectivity index (χ2n) is 11.8. The van der Waals surface area contributed by atoms with Crippen LogP contribution in [0.1, 0.15) is 18.4 Å². The minimum Gasteiger partial charge on any atom is -0.483 e. The number of amides is 1. The molecule has 0 bridgehead atoms. The Hall–Kier alpha value is -4.49. The van der Waals surface area contributed by atoms with Gasteiger partial charge in [-0.2, -0.15) is 10.2 Å². The maximum atomic E-state index is 15.0. The Morgan fingerprint density at radius 2 is 1.89 bits per heavy atom. The molecule has 6 rings (SSSR count). The number of aromatic nitrogens is 3. The molecule has 0 aliphatic carbocycles. The van der Waals surface area contributed by atoms with E-state index in [0.29, 0.717) is 17.6 Å². The highest BCUT2D eigenvalue weighted by atomic mass is 19.3. The molecular weight excluding hydrogens is 614 g/mol. The Morgan fingerprint density at radius 1 is 1.13 bits per heavy atom. The molecule has 0 unspecified atom stereocenters. The van der Waals surface area contributed by atoms with Gasteiger partial charge in [-0.05, 0) is 42.5 Å². The summed E-state index contributed by atoms with van der Waals surface area (Å²) >= 11 is 0. The molecule has 1 amide bonds. The highest BCUT2D eigenvalue weighted by Gasteiger charge is 2.48. The molecule has 4 heterocycles. The van der Waals surface area contributed by atoms with Crippen LogP contribution < -0.4 is 15.0 Å². The van der Waals surface area contributed by atoms with Crippen molar-refractivity contribution < 1.29 is 33.3 Å². The van der Waals surface area contributed by atoms with E-state index in [4.69, 9.17) is 14.6 Å². The van der Waals surface area contributed by atoms with Gasteiger partial charge in [0.15, 0.2) is 11.9 Å². The van der Waals surface area contributed by atoms with Gasteiger partial charge >= 0.3 is 5.92 Å². The third-order valence-electron chi connectivity index (χ3n) is 8.67. The number of hydrogen-bond donors (Lipinski definition) is 3. The first-order valence-electron chi connectivity index (χ1n) is 15.5. The molecule has 3 aromatic rings. The van der Waals surface area contributed by atoms with Crippen LogP contribution in [-0.4, -0.2) is 124 Å². The number of nitrogens with zero attached hydrogens (tertiary/aromatic N) is 7. The van der Waals surface area contributed by atoms with Crippen LogP contribution in [0.5, 0.6) is 5.75 Å². The molecule has 13 nitrogen and oxygen atoms in total. The second kappa shape index (κ2) is 14.1. The Bertz CT molecular complexity index is 1600. The van der Waals surface area contributed by atoms with Crippen molar-refractivity contribution in [3.8, 4) is 23.2 Å². The minimum atomic E-state index is -3.44. The van der Waals surface area contributed by atoms with Crippen molar-refractivity contribution in [1.82, 2.24) is 24.8 Å². The van der Waals surface area contributed by atoms with Gasteiger partial charge in [-0.25, -0.2) is 18.7 Å². The van der Waals surface area contributed by atoms with Crippen LogP contribution >= 0.6 is 0 Å². The lowest BCUT2D eigenvalue weighted by molar-refractivity contribution is -0.166. The van der Waals surface area contributed by atoms with E-state index in [2.05, 4.69) is 42.2 Å². The first-order chi connectivity index (χ1) is 22.7. The molecular formula is C32H36F2N8O5. The fraction of sp³-hybridized carbons (Fsp3) is 0.469. The van der Waals surface area contributed by atoms with E-state index in [1.165, 1.54) is 18.5 Å². The number of nitrogens with one attached hydrogen (secondary N) is 1. The number of carbonyl (C=O) groups is 1. The fourth-order valence-corrected chi connectivity index (χ4v) is 5.88. The Morgan fingerprint density at radius 3 is 2.55 bits per heavy atom. The highest BCUT2D eigenvalue weighted by molar-refractivity contribution is 5.80. The summed E-state index contributed by atoms with van der Waals surface area (Å²) in [6.45, 7) is 4.11. The molecule has 0 spiro atoms. The monoisotopic (exact) mass is 650 g/mol. The summed E-state index contributed by atoms with van der Waals surface area (Å²) in [7, 11) is 0. The average molecular weight is 651 g/mol. The van der Waals surface area contributed by atoms with Crippen molar-refractivity contribution in [3.63, 3.8) is 0 Å². The van der Waals surface area contributed by atoms with E-state index >= 15 is 8.78 Å². The molecule has 1 aromatic heterocycles. The van der Waals surface area contributed by atoms with Gasteiger partial charge in [0.05, 0.1) is 31.4 Å². The van der Waals surface area contributed by atoms with Crippen molar-refractivity contribution >= 4 is 23.2 Å². The molecule has 2 atom stereocenters. The van der Waals surface area contributed by atoms with Crippen LogP contribution in [0, 0.1) is 11.3 Å². The third-order valence-corrected chi connectivity index (χ3v) is 8.67. The van der Waals surface area contributed by atoms with E-state index in [0.717, 1.165) is 55.7 Å². The van der Waals surface area contributed by atoms with Crippen LogP contribution in [0.15, 0.2) is 48.8 Å². The van der Waals surface area contributed by atoms with Crippen LogP contribution in [0.4, 0.5) is 26.1 Å². The van der Waals surface area contributed by atoms with Gasteiger partial charge in [-0.15, -0.1) is 0 Å². The molecule has 3 aliphatic rings. The largest absolute Gasteiger partial charge is 0.483 e. The Kier molecular flexibility index (Phi) is 9.73. The lowest BCUT2D eigenvalue weighted by Crippen LogP contribution is -2.57. The standard InChI is InChI=1S/C32H36F2N8O5/c33-32(34)19-42(30(45)26(44)8-14-43)9-7-28(32)47-27-6-1-21(15-22(27)16-35)29-36-20-37-31(39-29)38-23-2-4-24(5-3-23)40-10-12-41(13-11-40)25-17-46-18-25/h1-6,15,20,25-26,28,43-44H,7-14,17-19H2,(H,36,37,38,39)/t26-,28+/m1/s1. The van der Waals surface area contributed by atoms with Crippen LogP contribution in [-0.2, 0) is 9.53 Å². The molecule has 0 radical (unpaired) electrons. The molecule has 47 heavy (non-hydrogen) atoms. The molecule has 2 aromatic carbocycles. The quantitative estimate of drug-likeness (QED) is 0.294. The van der Waals surface area contributed by atoms with Gasteiger partial charge in [-0.3, -0.25) is 9.69 Å². The number of halogens is 2. The van der Waals surface area contributed by atoms with E-state index < -0.39 is 37.2 Å².